The molecule has 0 spiro atoms. The maximum Gasteiger partial charge on any atom is 0.244 e. The Kier molecular flexibility index (Phi) is 3.05. The Balaban J connectivity index is 2.25. The van der Waals surface area contributed by atoms with E-state index < -0.39 is 10.0 Å². The van der Waals surface area contributed by atoms with Crippen LogP contribution in [-0.4, -0.2) is 35.9 Å². The van der Waals surface area contributed by atoms with Gasteiger partial charge in [0.25, 0.3) is 0 Å². The molecule has 6 heteroatoms. The fraction of sp³-hybridized carbons (Fsp3) is 0.636. The predicted octanol–water partition coefficient (Wildman–Crippen LogP) is 0.928. The molecular weight excluding hydrogens is 240 g/mol. The van der Waals surface area contributed by atoms with Crippen molar-refractivity contribution >= 4 is 10.0 Å². The first kappa shape index (κ1) is 12.6. The highest BCUT2D eigenvalue weighted by Gasteiger charge is 2.37. The standard InChI is InChI=1S/C11H18N2O3S/c1-11(2)3-4-13(8-11)17(15,16)10-5-9(7-14)12-6-10/h5-6,12,14H,3-4,7-8H2,1-2H3. The molecule has 2 N–H and O–H groups in total. The number of rotatable bonds is 3. The van der Waals surface area contributed by atoms with Gasteiger partial charge in [-0.05, 0) is 17.9 Å². The number of aliphatic hydroxyl groups is 1. The topological polar surface area (TPSA) is 73.4 Å². The molecule has 0 saturated carbocycles. The molecule has 1 aromatic heterocycles. The van der Waals surface area contributed by atoms with Crippen LogP contribution in [0.4, 0.5) is 0 Å². The maximum absolute atomic E-state index is 12.3. The number of hydrogen-bond donors (Lipinski definition) is 2. The number of nitrogens with zero attached hydrogens (tertiary/aromatic N) is 1. The van der Waals surface area contributed by atoms with E-state index in [9.17, 15) is 8.42 Å². The Bertz CT molecular complexity index is 505. The van der Waals surface area contributed by atoms with Gasteiger partial charge in [0, 0.05) is 25.0 Å². The fourth-order valence-electron chi connectivity index (χ4n) is 2.08. The summed E-state index contributed by atoms with van der Waals surface area (Å²) >= 11 is 0. The molecule has 0 atom stereocenters. The van der Waals surface area contributed by atoms with Crippen molar-refractivity contribution in [2.45, 2.75) is 31.8 Å². The predicted molar refractivity (Wildman–Crippen MR) is 63.9 cm³/mol. The van der Waals surface area contributed by atoms with Crippen LogP contribution >= 0.6 is 0 Å². The van der Waals surface area contributed by atoms with Gasteiger partial charge in [0.2, 0.25) is 10.0 Å². The minimum Gasteiger partial charge on any atom is -0.390 e. The molecule has 2 heterocycles. The SMILES string of the molecule is CC1(C)CCN(S(=O)(=O)c2c[nH]c(CO)c2)C1. The lowest BCUT2D eigenvalue weighted by Crippen LogP contribution is -2.30. The van der Waals surface area contributed by atoms with Crippen LogP contribution in [0.2, 0.25) is 0 Å². The zero-order valence-corrected chi connectivity index (χ0v) is 10.9. The lowest BCUT2D eigenvalue weighted by atomic mass is 9.93. The van der Waals surface area contributed by atoms with Crippen LogP contribution in [0.5, 0.6) is 0 Å². The molecule has 1 fully saturated rings. The first-order valence-electron chi connectivity index (χ1n) is 5.63. The largest absolute Gasteiger partial charge is 0.390 e. The van der Waals surface area contributed by atoms with E-state index in [0.29, 0.717) is 18.8 Å². The van der Waals surface area contributed by atoms with E-state index in [1.54, 1.807) is 0 Å². The number of aromatic nitrogens is 1. The van der Waals surface area contributed by atoms with Gasteiger partial charge in [-0.1, -0.05) is 13.8 Å². The van der Waals surface area contributed by atoms with E-state index in [1.807, 2.05) is 0 Å². The molecule has 0 aliphatic carbocycles. The fourth-order valence-corrected chi connectivity index (χ4v) is 3.72. The lowest BCUT2D eigenvalue weighted by molar-refractivity contribution is 0.277. The molecule has 0 radical (unpaired) electrons. The van der Waals surface area contributed by atoms with Crippen molar-refractivity contribution in [1.29, 1.82) is 0 Å². The van der Waals surface area contributed by atoms with Crippen molar-refractivity contribution in [3.63, 3.8) is 0 Å². The summed E-state index contributed by atoms with van der Waals surface area (Å²) in [4.78, 5) is 2.99. The van der Waals surface area contributed by atoms with Gasteiger partial charge >= 0.3 is 0 Å². The van der Waals surface area contributed by atoms with Crippen LogP contribution < -0.4 is 0 Å². The van der Waals surface area contributed by atoms with E-state index in [2.05, 4.69) is 18.8 Å². The third kappa shape index (κ3) is 2.38. The first-order chi connectivity index (χ1) is 7.85. The minimum absolute atomic E-state index is 0.0448. The Hall–Kier alpha value is -0.850. The van der Waals surface area contributed by atoms with Crippen molar-refractivity contribution in [1.82, 2.24) is 9.29 Å². The van der Waals surface area contributed by atoms with Crippen LogP contribution in [0.25, 0.3) is 0 Å². The molecule has 0 unspecified atom stereocenters. The highest BCUT2D eigenvalue weighted by molar-refractivity contribution is 7.89. The van der Waals surface area contributed by atoms with Crippen LogP contribution in [0.1, 0.15) is 26.0 Å². The molecule has 2 rings (SSSR count). The third-order valence-corrected chi connectivity index (χ3v) is 4.99. The molecule has 0 aromatic carbocycles. The zero-order chi connectivity index (χ0) is 12.7. The molecule has 0 bridgehead atoms. The van der Waals surface area contributed by atoms with Gasteiger partial charge < -0.3 is 10.1 Å². The second-order valence-corrected chi connectivity index (χ2v) is 7.21. The van der Waals surface area contributed by atoms with E-state index >= 15 is 0 Å². The molecule has 17 heavy (non-hydrogen) atoms. The van der Waals surface area contributed by atoms with E-state index in [4.69, 9.17) is 5.11 Å². The monoisotopic (exact) mass is 258 g/mol. The van der Waals surface area contributed by atoms with E-state index in [-0.39, 0.29) is 16.9 Å². The average molecular weight is 258 g/mol. The second-order valence-electron chi connectivity index (χ2n) is 5.27. The van der Waals surface area contributed by atoms with Crippen molar-refractivity contribution in [3.8, 4) is 0 Å². The van der Waals surface area contributed by atoms with E-state index in [1.165, 1.54) is 16.6 Å². The molecule has 1 aliphatic rings. The Morgan fingerprint density at radius 2 is 2.24 bits per heavy atom. The minimum atomic E-state index is -3.41. The lowest BCUT2D eigenvalue weighted by Gasteiger charge is -2.18. The van der Waals surface area contributed by atoms with Gasteiger partial charge in [-0.25, -0.2) is 8.42 Å². The molecular formula is C11H18N2O3S. The van der Waals surface area contributed by atoms with Gasteiger partial charge in [0.05, 0.1) is 11.5 Å². The van der Waals surface area contributed by atoms with Crippen molar-refractivity contribution in [2.24, 2.45) is 5.41 Å². The number of nitrogens with one attached hydrogen (secondary N) is 1. The van der Waals surface area contributed by atoms with Gasteiger partial charge in [-0.15, -0.1) is 0 Å². The molecule has 1 saturated heterocycles. The Morgan fingerprint density at radius 1 is 1.53 bits per heavy atom. The van der Waals surface area contributed by atoms with Crippen molar-refractivity contribution < 1.29 is 13.5 Å². The van der Waals surface area contributed by atoms with Crippen LogP contribution in [0.3, 0.4) is 0 Å². The smallest absolute Gasteiger partial charge is 0.244 e. The number of aromatic amines is 1. The highest BCUT2D eigenvalue weighted by atomic mass is 32.2. The van der Waals surface area contributed by atoms with Crippen molar-refractivity contribution in [2.75, 3.05) is 13.1 Å². The summed E-state index contributed by atoms with van der Waals surface area (Å²) in [5, 5.41) is 8.93. The van der Waals surface area contributed by atoms with Gasteiger partial charge in [0.15, 0.2) is 0 Å². The first-order valence-corrected chi connectivity index (χ1v) is 7.07. The average Bonchev–Trinajstić information content (AvgIpc) is 2.84. The molecule has 5 nitrogen and oxygen atoms in total. The highest BCUT2D eigenvalue weighted by Crippen LogP contribution is 2.32. The summed E-state index contributed by atoms with van der Waals surface area (Å²) < 4.78 is 26.1. The van der Waals surface area contributed by atoms with Crippen LogP contribution in [-0.2, 0) is 16.6 Å². The molecule has 0 amide bonds. The number of sulfonamides is 1. The number of hydrogen-bond acceptors (Lipinski definition) is 3. The normalized spacial score (nSPS) is 20.9. The number of aliphatic hydroxyl groups excluding tert-OH is 1. The summed E-state index contributed by atoms with van der Waals surface area (Å²) in [7, 11) is -3.41. The zero-order valence-electron chi connectivity index (χ0n) is 10.1. The van der Waals surface area contributed by atoms with Gasteiger partial charge in [-0.2, -0.15) is 4.31 Å². The quantitative estimate of drug-likeness (QED) is 0.847. The molecule has 1 aromatic rings. The Labute approximate surface area is 102 Å². The third-order valence-electron chi connectivity index (χ3n) is 3.17. The summed E-state index contributed by atoms with van der Waals surface area (Å²) in [5.74, 6) is 0. The van der Waals surface area contributed by atoms with Crippen molar-refractivity contribution in [3.05, 3.63) is 18.0 Å². The number of H-pyrrole nitrogens is 1. The van der Waals surface area contributed by atoms with E-state index in [0.717, 1.165) is 6.42 Å². The Morgan fingerprint density at radius 3 is 2.71 bits per heavy atom. The molecule has 96 valence electrons. The van der Waals surface area contributed by atoms with Crippen LogP contribution in [0.15, 0.2) is 17.2 Å². The summed E-state index contributed by atoms with van der Waals surface area (Å²) in [6.45, 7) is 5.07. The van der Waals surface area contributed by atoms with Crippen LogP contribution in [0, 0.1) is 5.41 Å². The summed E-state index contributed by atoms with van der Waals surface area (Å²) in [6, 6.07) is 1.49. The maximum atomic E-state index is 12.3. The van der Waals surface area contributed by atoms with Gasteiger partial charge in [0.1, 0.15) is 0 Å². The molecule has 1 aliphatic heterocycles. The van der Waals surface area contributed by atoms with Gasteiger partial charge in [-0.3, -0.25) is 0 Å². The summed E-state index contributed by atoms with van der Waals surface area (Å²) in [5.41, 5.74) is 0.561. The summed E-state index contributed by atoms with van der Waals surface area (Å²) in [6.07, 6.45) is 2.32. The second kappa shape index (κ2) is 4.12.